The van der Waals surface area contributed by atoms with E-state index in [1.165, 1.54) is 29.7 Å². The molecule has 0 saturated carbocycles. The summed E-state index contributed by atoms with van der Waals surface area (Å²) in [6.07, 6.45) is -3.01. The molecule has 4 rings (SSSR count). The van der Waals surface area contributed by atoms with Gasteiger partial charge in [-0.1, -0.05) is 30.3 Å². The van der Waals surface area contributed by atoms with Gasteiger partial charge >= 0.3 is 24.9 Å². The predicted octanol–water partition coefficient (Wildman–Crippen LogP) is 2.89. The molecule has 2 aliphatic heterocycles. The molecule has 2 saturated heterocycles. The van der Waals surface area contributed by atoms with Crippen molar-refractivity contribution in [2.75, 3.05) is 77.3 Å². The second-order valence-corrected chi connectivity index (χ2v) is 12.9. The number of nitrogens with zero attached hydrogens (tertiary/aromatic N) is 5. The first kappa shape index (κ1) is 40.8. The molecule has 2 aromatic rings. The summed E-state index contributed by atoms with van der Waals surface area (Å²) in [5.74, 6) is -0.695. The molecule has 2 aliphatic rings. The summed E-state index contributed by atoms with van der Waals surface area (Å²) in [6, 6.07) is 9.05. The number of carbonyl (C=O) groups excluding carboxylic acids is 5. The van der Waals surface area contributed by atoms with Crippen LogP contribution >= 0.6 is 8.03 Å². The Balaban J connectivity index is 1.60. The zero-order chi connectivity index (χ0) is 38.3. The van der Waals surface area contributed by atoms with Gasteiger partial charge in [-0.3, -0.25) is 18.7 Å². The molecule has 0 aliphatic carbocycles. The number of hydrogen-bond donors (Lipinski definition) is 1. The van der Waals surface area contributed by atoms with E-state index in [4.69, 9.17) is 37.9 Å². The molecule has 0 spiro atoms. The van der Waals surface area contributed by atoms with Gasteiger partial charge in [0.25, 0.3) is 5.91 Å². The maximum atomic E-state index is 14.0. The fourth-order valence-corrected chi connectivity index (χ4v) is 6.41. The van der Waals surface area contributed by atoms with Gasteiger partial charge < -0.3 is 48.4 Å². The summed E-state index contributed by atoms with van der Waals surface area (Å²) in [6.45, 7) is 4.13. The van der Waals surface area contributed by atoms with Crippen molar-refractivity contribution in [2.45, 2.75) is 45.8 Å². The summed E-state index contributed by atoms with van der Waals surface area (Å²) in [5, 5.41) is 2.64. The molecular weight excluding hydrogens is 719 g/mol. The van der Waals surface area contributed by atoms with Gasteiger partial charge in [0.2, 0.25) is 13.9 Å². The van der Waals surface area contributed by atoms with E-state index in [2.05, 4.69) is 10.3 Å². The van der Waals surface area contributed by atoms with Gasteiger partial charge in [-0.25, -0.2) is 24.4 Å². The lowest BCUT2D eigenvalue weighted by molar-refractivity contribution is -0.199. The smallest absolute Gasteiger partial charge is 0.450 e. The number of aromatic nitrogens is 2. The number of methoxy groups -OCH3 is 1. The van der Waals surface area contributed by atoms with Crippen LogP contribution in [0.1, 0.15) is 37.7 Å². The Morgan fingerprint density at radius 3 is 2.08 bits per heavy atom. The van der Waals surface area contributed by atoms with Crippen molar-refractivity contribution in [3.63, 3.8) is 0 Å². The molecule has 1 N–H and O–H groups in total. The van der Waals surface area contributed by atoms with Crippen molar-refractivity contribution in [1.29, 1.82) is 0 Å². The van der Waals surface area contributed by atoms with Crippen molar-refractivity contribution in [3.8, 4) is 11.4 Å². The van der Waals surface area contributed by atoms with E-state index in [-0.39, 0.29) is 63.6 Å². The van der Waals surface area contributed by atoms with Gasteiger partial charge in [0.1, 0.15) is 17.6 Å². The highest BCUT2D eigenvalue weighted by molar-refractivity contribution is 7.39. The molecule has 1 aromatic carbocycles. The normalized spacial score (nSPS) is 16.8. The van der Waals surface area contributed by atoms with Gasteiger partial charge in [0, 0.05) is 58.0 Å². The van der Waals surface area contributed by atoms with E-state index in [0.717, 1.165) is 6.42 Å². The minimum atomic E-state index is -3.44. The van der Waals surface area contributed by atoms with Crippen LogP contribution in [-0.4, -0.2) is 141 Å². The van der Waals surface area contributed by atoms with Crippen LogP contribution < -0.4 is 10.2 Å². The molecule has 0 radical (unpaired) electrons. The summed E-state index contributed by atoms with van der Waals surface area (Å²) >= 11 is 0. The molecule has 290 valence electrons. The number of amides is 3. The lowest BCUT2D eigenvalue weighted by Gasteiger charge is -2.35. The Labute approximate surface area is 307 Å². The van der Waals surface area contributed by atoms with Crippen LogP contribution in [0.25, 0.3) is 11.4 Å². The van der Waals surface area contributed by atoms with Gasteiger partial charge in [-0.05, 0) is 27.2 Å². The second-order valence-electron chi connectivity index (χ2n) is 11.5. The van der Waals surface area contributed by atoms with Gasteiger partial charge in [-0.2, -0.15) is 0 Å². The number of benzene rings is 1. The number of anilines is 1. The second kappa shape index (κ2) is 20.3. The molecule has 3 unspecified atom stereocenters. The van der Waals surface area contributed by atoms with Gasteiger partial charge in [0.15, 0.2) is 5.82 Å². The van der Waals surface area contributed by atoms with E-state index in [0.29, 0.717) is 24.5 Å². The first-order chi connectivity index (χ1) is 25.5. The molecule has 3 atom stereocenters. The third-order valence-electron chi connectivity index (χ3n) is 8.01. The van der Waals surface area contributed by atoms with E-state index in [1.54, 1.807) is 38.3 Å². The highest BCUT2D eigenvalue weighted by Crippen LogP contribution is 2.29. The van der Waals surface area contributed by atoms with Crippen LogP contribution in [0.5, 0.6) is 0 Å². The van der Waals surface area contributed by atoms with Crippen LogP contribution in [0.15, 0.2) is 36.4 Å². The minimum Gasteiger partial charge on any atom is -0.450 e. The maximum absolute atomic E-state index is 14.0. The average Bonchev–Trinajstić information content (AvgIpc) is 3.64. The first-order valence-corrected chi connectivity index (χ1v) is 18.7. The third kappa shape index (κ3) is 12.0. The van der Waals surface area contributed by atoms with Crippen molar-refractivity contribution in [1.82, 2.24) is 25.1 Å². The van der Waals surface area contributed by atoms with E-state index >= 15 is 0 Å². The zero-order valence-electron chi connectivity index (χ0n) is 30.0. The molecular formula is C33H45N6O13P. The number of ether oxygens (including phenoxy) is 6. The van der Waals surface area contributed by atoms with Gasteiger partial charge in [-0.15, -0.1) is 0 Å². The highest BCUT2D eigenvalue weighted by Gasteiger charge is 2.34. The number of nitrogens with one attached hydrogen (secondary N) is 1. The molecule has 2 fully saturated rings. The van der Waals surface area contributed by atoms with Crippen molar-refractivity contribution < 1.29 is 61.5 Å². The lowest BCUT2D eigenvalue weighted by Crippen LogP contribution is -2.56. The minimum absolute atomic E-state index is 0.0317. The standard InChI is InChI=1S/C33H45N6O13P/c1-5-47-30(42)38-17-15-37(16-18-38)29(41)25(21-53(45)52-33(50-31(43)48-6-2)51-32(44)49-7-3)35-28(40)24-19-26(39-14-13-23(20-39)46-4)36-27(34-24)22-11-9-8-10-12-22/h8-12,19,23,25,33,53H,5-7,13-18,20-21H2,1-4H3,(H,35,40). The van der Waals surface area contributed by atoms with E-state index in [1.807, 2.05) is 11.0 Å². The largest absolute Gasteiger partial charge is 0.513 e. The summed E-state index contributed by atoms with van der Waals surface area (Å²) in [4.78, 5) is 78.2. The fraction of sp³-hybridized carbons (Fsp3) is 0.545. The maximum Gasteiger partial charge on any atom is 0.513 e. The topological polar surface area (TPSA) is 215 Å². The predicted molar refractivity (Wildman–Crippen MR) is 186 cm³/mol. The Bertz CT molecular complexity index is 1570. The number of piperazine rings is 1. The molecule has 3 amide bonds. The van der Waals surface area contributed by atoms with Crippen LogP contribution in [0.4, 0.5) is 20.2 Å². The average molecular weight is 765 g/mol. The van der Waals surface area contributed by atoms with Crippen LogP contribution in [0.3, 0.4) is 0 Å². The fourth-order valence-electron chi connectivity index (χ4n) is 5.39. The lowest BCUT2D eigenvalue weighted by atomic mass is 10.2. The third-order valence-corrected chi connectivity index (χ3v) is 9.21. The van der Waals surface area contributed by atoms with E-state index in [9.17, 15) is 28.5 Å². The Morgan fingerprint density at radius 2 is 1.49 bits per heavy atom. The SMILES string of the molecule is CCOC(=O)OC(OC(=O)OCC)O[PH](=O)CC(NC(=O)c1cc(N2CCC(OC)C2)nc(-c2ccccc2)n1)C(=O)N1CCN(C(=O)OCC)CC1. The Kier molecular flexibility index (Phi) is 15.6. The number of hydrogen-bond acceptors (Lipinski definition) is 16. The summed E-state index contributed by atoms with van der Waals surface area (Å²) in [7, 11) is -1.82. The number of carbonyl (C=O) groups is 5. The molecule has 1 aromatic heterocycles. The summed E-state index contributed by atoms with van der Waals surface area (Å²) in [5.41, 5.74) is 0.570. The van der Waals surface area contributed by atoms with Gasteiger partial charge in [0.05, 0.1) is 32.1 Å². The quantitative estimate of drug-likeness (QED) is 0.119. The zero-order valence-corrected chi connectivity index (χ0v) is 31.0. The molecule has 3 heterocycles. The first-order valence-electron chi connectivity index (χ1n) is 17.1. The Morgan fingerprint density at radius 1 is 0.868 bits per heavy atom. The molecule has 0 bridgehead atoms. The van der Waals surface area contributed by atoms with Crippen LogP contribution in [-0.2, 0) is 42.3 Å². The monoisotopic (exact) mass is 764 g/mol. The molecule has 53 heavy (non-hydrogen) atoms. The van der Waals surface area contributed by atoms with Crippen molar-refractivity contribution in [3.05, 3.63) is 42.1 Å². The van der Waals surface area contributed by atoms with Crippen molar-refractivity contribution in [2.24, 2.45) is 0 Å². The van der Waals surface area contributed by atoms with Crippen LogP contribution in [0, 0.1) is 0 Å². The number of rotatable bonds is 15. The Hall–Kier alpha value is -5.00. The van der Waals surface area contributed by atoms with Crippen molar-refractivity contribution >= 4 is 44.1 Å². The van der Waals surface area contributed by atoms with Crippen LogP contribution in [0.2, 0.25) is 0 Å². The molecule has 20 heteroatoms. The van der Waals surface area contributed by atoms with E-state index < -0.39 is 56.9 Å². The summed E-state index contributed by atoms with van der Waals surface area (Å²) < 4.78 is 48.3. The molecule has 19 nitrogen and oxygen atoms in total. The highest BCUT2D eigenvalue weighted by atomic mass is 31.1.